The van der Waals surface area contributed by atoms with Crippen molar-refractivity contribution in [1.29, 1.82) is 0 Å². The van der Waals surface area contributed by atoms with E-state index in [1.165, 1.54) is 14.0 Å². The van der Waals surface area contributed by atoms with Crippen molar-refractivity contribution in [2.45, 2.75) is 26.7 Å². The maximum Gasteiger partial charge on any atom is 1.00 e. The van der Waals surface area contributed by atoms with Gasteiger partial charge in [0.1, 0.15) is 0 Å². The van der Waals surface area contributed by atoms with E-state index in [2.05, 4.69) is 4.74 Å². The van der Waals surface area contributed by atoms with Crippen LogP contribution in [0.4, 0.5) is 0 Å². The van der Waals surface area contributed by atoms with Crippen molar-refractivity contribution in [2.24, 2.45) is 0 Å². The Morgan fingerprint density at radius 2 is 1.58 bits per heavy atom. The van der Waals surface area contributed by atoms with Crippen LogP contribution >= 0.6 is 0 Å². The van der Waals surface area contributed by atoms with Gasteiger partial charge in [-0.2, -0.15) is 0 Å². The molecule has 0 unspecified atom stereocenters. The Labute approximate surface area is 84.5 Å². The van der Waals surface area contributed by atoms with Gasteiger partial charge in [-0.1, -0.05) is 13.8 Å². The van der Waals surface area contributed by atoms with Crippen LogP contribution in [0, 0.1) is 0 Å². The van der Waals surface area contributed by atoms with Gasteiger partial charge in [-0.3, -0.25) is 4.79 Å². The average molecular weight is 168 g/mol. The number of carboxylic acids is 1. The van der Waals surface area contributed by atoms with Crippen molar-refractivity contribution in [2.75, 3.05) is 7.11 Å². The monoisotopic (exact) mass is 168 g/mol. The Morgan fingerprint density at radius 1 is 1.25 bits per heavy atom. The van der Waals surface area contributed by atoms with Crippen molar-refractivity contribution in [3.05, 3.63) is 0 Å². The number of aliphatic carboxylic acids is 1. The Bertz CT molecular complexity index is 119. The van der Waals surface area contributed by atoms with E-state index < -0.39 is 5.97 Å². The third-order valence-electron chi connectivity index (χ3n) is 0.805. The van der Waals surface area contributed by atoms with E-state index in [1.54, 1.807) is 6.92 Å². The van der Waals surface area contributed by atoms with Gasteiger partial charge in [-0.15, -0.1) is 0 Å². The second-order valence-corrected chi connectivity index (χ2v) is 1.66. The second kappa shape index (κ2) is 13.2. The molecule has 0 bridgehead atoms. The molecule has 0 saturated carbocycles. The van der Waals surface area contributed by atoms with Crippen molar-refractivity contribution >= 4 is 11.9 Å². The number of carbonyl (C=O) groups excluding carboxylic acids is 2. The molecule has 0 radical (unpaired) electrons. The van der Waals surface area contributed by atoms with E-state index in [0.29, 0.717) is 6.42 Å². The zero-order valence-corrected chi connectivity index (χ0v) is 8.05. The number of carbonyl (C=O) groups is 2. The van der Waals surface area contributed by atoms with Crippen LogP contribution in [0.1, 0.15) is 26.7 Å². The average Bonchev–Trinajstić information content (AvgIpc) is 2.04. The summed E-state index contributed by atoms with van der Waals surface area (Å²) in [7, 11) is 1.38. The van der Waals surface area contributed by atoms with Crippen LogP contribution in [0.3, 0.4) is 0 Å². The standard InChI is InChI=1S/C4H8O2.C3H6O2.Li/c1-3-4(5)6-2;1-2-3(4)5;/h3H2,1-2H3;2H2,1H3,(H,4,5);/q;;+1/p-1. The third kappa shape index (κ3) is 22.7. The second-order valence-electron chi connectivity index (χ2n) is 1.66. The van der Waals surface area contributed by atoms with E-state index in [-0.39, 0.29) is 31.3 Å². The van der Waals surface area contributed by atoms with Gasteiger partial charge in [0.05, 0.1) is 7.11 Å². The van der Waals surface area contributed by atoms with Crippen LogP contribution in [0.5, 0.6) is 0 Å². The molecule has 12 heavy (non-hydrogen) atoms. The molecular weight excluding hydrogens is 155 g/mol. The fourth-order valence-corrected chi connectivity index (χ4v) is 0.144. The molecule has 0 saturated heterocycles. The van der Waals surface area contributed by atoms with Crippen LogP contribution < -0.4 is 24.0 Å². The molecule has 0 atom stereocenters. The van der Waals surface area contributed by atoms with E-state index >= 15 is 0 Å². The summed E-state index contributed by atoms with van der Waals surface area (Å²) in [4.78, 5) is 19.2. The third-order valence-corrected chi connectivity index (χ3v) is 0.805. The van der Waals surface area contributed by atoms with E-state index in [1.807, 2.05) is 0 Å². The summed E-state index contributed by atoms with van der Waals surface area (Å²) in [5.41, 5.74) is 0. The quantitative estimate of drug-likeness (QED) is 0.320. The van der Waals surface area contributed by atoms with Crippen LogP contribution in [-0.4, -0.2) is 19.0 Å². The van der Waals surface area contributed by atoms with E-state index in [4.69, 9.17) is 0 Å². The Balaban J connectivity index is -0.000000126. The summed E-state index contributed by atoms with van der Waals surface area (Å²) in [6.07, 6.45) is 0.580. The van der Waals surface area contributed by atoms with Crippen molar-refractivity contribution in [3.63, 3.8) is 0 Å². The van der Waals surface area contributed by atoms with Crippen LogP contribution in [0.15, 0.2) is 0 Å². The maximum atomic E-state index is 9.96. The zero-order valence-electron chi connectivity index (χ0n) is 8.05. The van der Waals surface area contributed by atoms with E-state index in [9.17, 15) is 14.7 Å². The molecule has 0 aliphatic carbocycles. The number of methoxy groups -OCH3 is 1. The summed E-state index contributed by atoms with van der Waals surface area (Å²) in [5, 5.41) is 9.26. The molecule has 0 fully saturated rings. The molecule has 0 heterocycles. The molecule has 4 nitrogen and oxygen atoms in total. The molecule has 0 amide bonds. The first-order valence-corrected chi connectivity index (χ1v) is 3.35. The molecule has 66 valence electrons. The molecule has 0 aromatic carbocycles. The summed E-state index contributed by atoms with van der Waals surface area (Å²) in [6.45, 7) is 3.29. The molecular formula is C7H13LiO4. The van der Waals surface area contributed by atoms with Crippen molar-refractivity contribution < 1.29 is 38.3 Å². The summed E-state index contributed by atoms with van der Waals surface area (Å²) < 4.78 is 4.26. The number of hydrogen-bond acceptors (Lipinski definition) is 4. The van der Waals surface area contributed by atoms with Gasteiger partial charge in [-0.25, -0.2) is 0 Å². The normalized spacial score (nSPS) is 6.92. The number of carboxylic acid groups (broad SMARTS) is 1. The topological polar surface area (TPSA) is 66.4 Å². The molecule has 0 spiro atoms. The zero-order chi connectivity index (χ0) is 9.28. The van der Waals surface area contributed by atoms with Gasteiger partial charge in [0, 0.05) is 12.4 Å². The number of esters is 1. The summed E-state index contributed by atoms with van der Waals surface area (Å²) in [6, 6.07) is 0. The fourth-order valence-electron chi connectivity index (χ4n) is 0.144. The first-order chi connectivity index (χ1) is 5.08. The molecule has 0 N–H and O–H groups in total. The van der Waals surface area contributed by atoms with Gasteiger partial charge >= 0.3 is 24.8 Å². The predicted octanol–water partition coefficient (Wildman–Crippen LogP) is -3.28. The molecule has 0 aliphatic heterocycles. The van der Waals surface area contributed by atoms with Crippen LogP contribution in [0.25, 0.3) is 0 Å². The van der Waals surface area contributed by atoms with Crippen molar-refractivity contribution in [3.8, 4) is 0 Å². The maximum absolute atomic E-state index is 9.96. The molecule has 0 rings (SSSR count). The van der Waals surface area contributed by atoms with Gasteiger partial charge in [0.2, 0.25) is 0 Å². The Kier molecular flexibility index (Phi) is 19.3. The SMILES string of the molecule is CCC(=O)OC.CCC(=O)[O-].[Li+]. The van der Waals surface area contributed by atoms with Gasteiger partial charge in [0.15, 0.2) is 0 Å². The van der Waals surface area contributed by atoms with Crippen molar-refractivity contribution in [1.82, 2.24) is 0 Å². The largest absolute Gasteiger partial charge is 1.00 e. The first-order valence-electron chi connectivity index (χ1n) is 3.35. The minimum atomic E-state index is -0.995. The predicted molar refractivity (Wildman–Crippen MR) is 37.6 cm³/mol. The summed E-state index contributed by atoms with van der Waals surface area (Å²) in [5.74, 6) is -1.15. The minimum absolute atomic E-state index is 0. The number of hydrogen-bond donors (Lipinski definition) is 0. The van der Waals surface area contributed by atoms with Crippen LogP contribution in [-0.2, 0) is 14.3 Å². The first kappa shape index (κ1) is 17.6. The van der Waals surface area contributed by atoms with Gasteiger partial charge in [0.25, 0.3) is 0 Å². The fraction of sp³-hybridized carbons (Fsp3) is 0.714. The number of ether oxygens (including phenoxy) is 1. The smallest absolute Gasteiger partial charge is 0.550 e. The number of rotatable bonds is 2. The summed E-state index contributed by atoms with van der Waals surface area (Å²) >= 11 is 0. The Hall–Kier alpha value is -0.463. The van der Waals surface area contributed by atoms with Gasteiger partial charge in [-0.05, 0) is 6.42 Å². The Morgan fingerprint density at radius 3 is 1.58 bits per heavy atom. The van der Waals surface area contributed by atoms with Crippen LogP contribution in [0.2, 0.25) is 0 Å². The minimum Gasteiger partial charge on any atom is -0.550 e. The van der Waals surface area contributed by atoms with Gasteiger partial charge < -0.3 is 14.6 Å². The molecule has 0 aromatic rings. The molecule has 0 aromatic heterocycles. The molecule has 0 aliphatic rings. The molecule has 5 heteroatoms. The van der Waals surface area contributed by atoms with E-state index in [0.717, 1.165) is 0 Å².